The fraction of sp³-hybridized carbons (Fsp3) is 0.208. The molecular formula is C24H26N2O4S. The highest BCUT2D eigenvalue weighted by molar-refractivity contribution is 7.92. The monoisotopic (exact) mass is 438 g/mol. The highest BCUT2D eigenvalue weighted by atomic mass is 32.2. The van der Waals surface area contributed by atoms with Crippen LogP contribution in [0.15, 0.2) is 71.6 Å². The molecule has 1 atom stereocenters. The Morgan fingerprint density at radius 3 is 2.19 bits per heavy atom. The van der Waals surface area contributed by atoms with Gasteiger partial charge in [0.1, 0.15) is 5.75 Å². The first-order valence-corrected chi connectivity index (χ1v) is 11.3. The fourth-order valence-electron chi connectivity index (χ4n) is 3.05. The van der Waals surface area contributed by atoms with E-state index < -0.39 is 10.0 Å². The Labute approximate surface area is 183 Å². The highest BCUT2D eigenvalue weighted by Gasteiger charge is 2.17. The standard InChI is InChI=1S/C24H26N2O4S/c1-16-5-13-22(14-6-16)31(28,29)26-23-15-20(8-7-17(23)2)24(27)25-18(3)19-9-11-21(30-4)12-10-19/h5-15,18,26H,1-4H3,(H,25,27). The molecule has 1 unspecified atom stereocenters. The fourth-order valence-corrected chi connectivity index (χ4v) is 4.17. The van der Waals surface area contributed by atoms with Gasteiger partial charge in [0.15, 0.2) is 0 Å². The maximum Gasteiger partial charge on any atom is 0.261 e. The lowest BCUT2D eigenvalue weighted by molar-refractivity contribution is 0.0940. The lowest BCUT2D eigenvalue weighted by Gasteiger charge is -2.16. The summed E-state index contributed by atoms with van der Waals surface area (Å²) in [4.78, 5) is 12.9. The number of ether oxygens (including phenoxy) is 1. The average Bonchev–Trinajstić information content (AvgIpc) is 2.75. The number of methoxy groups -OCH3 is 1. The molecule has 3 aromatic rings. The van der Waals surface area contributed by atoms with E-state index in [1.807, 2.05) is 38.1 Å². The second-order valence-corrected chi connectivity index (χ2v) is 9.10. The van der Waals surface area contributed by atoms with Gasteiger partial charge in [-0.25, -0.2) is 8.42 Å². The van der Waals surface area contributed by atoms with Crippen LogP contribution in [0.4, 0.5) is 5.69 Å². The Hall–Kier alpha value is -3.32. The summed E-state index contributed by atoms with van der Waals surface area (Å²) in [7, 11) is -2.16. The summed E-state index contributed by atoms with van der Waals surface area (Å²) in [5.41, 5.74) is 3.36. The van der Waals surface area contributed by atoms with Crippen molar-refractivity contribution in [1.29, 1.82) is 0 Å². The SMILES string of the molecule is COc1ccc(C(C)NC(=O)c2ccc(C)c(NS(=O)(=O)c3ccc(C)cc3)c2)cc1. The number of sulfonamides is 1. The summed E-state index contributed by atoms with van der Waals surface area (Å²) >= 11 is 0. The molecule has 0 heterocycles. The van der Waals surface area contributed by atoms with Crippen molar-refractivity contribution in [2.24, 2.45) is 0 Å². The van der Waals surface area contributed by atoms with Gasteiger partial charge < -0.3 is 10.1 Å². The van der Waals surface area contributed by atoms with Gasteiger partial charge in [0, 0.05) is 5.56 Å². The Balaban J connectivity index is 1.77. The third-order valence-corrected chi connectivity index (χ3v) is 6.42. The number of anilines is 1. The first kappa shape index (κ1) is 22.4. The minimum atomic E-state index is -3.76. The van der Waals surface area contributed by atoms with Crippen LogP contribution >= 0.6 is 0 Å². The molecule has 3 aromatic carbocycles. The van der Waals surface area contributed by atoms with Crippen LogP contribution in [0.3, 0.4) is 0 Å². The summed E-state index contributed by atoms with van der Waals surface area (Å²) in [6.45, 7) is 5.56. The molecule has 0 saturated heterocycles. The minimum Gasteiger partial charge on any atom is -0.497 e. The van der Waals surface area contributed by atoms with Crippen LogP contribution in [0.25, 0.3) is 0 Å². The molecule has 0 fully saturated rings. The number of rotatable bonds is 7. The summed E-state index contributed by atoms with van der Waals surface area (Å²) < 4.78 is 33.2. The van der Waals surface area contributed by atoms with E-state index in [1.165, 1.54) is 0 Å². The molecule has 0 spiro atoms. The van der Waals surface area contributed by atoms with Crippen molar-refractivity contribution < 1.29 is 17.9 Å². The molecule has 0 aliphatic carbocycles. The average molecular weight is 439 g/mol. The Morgan fingerprint density at radius 2 is 1.58 bits per heavy atom. The van der Waals surface area contributed by atoms with Crippen LogP contribution in [0.2, 0.25) is 0 Å². The van der Waals surface area contributed by atoms with Crippen molar-refractivity contribution in [3.8, 4) is 5.75 Å². The van der Waals surface area contributed by atoms with E-state index >= 15 is 0 Å². The second-order valence-electron chi connectivity index (χ2n) is 7.42. The van der Waals surface area contributed by atoms with Gasteiger partial charge in [-0.1, -0.05) is 35.9 Å². The van der Waals surface area contributed by atoms with Gasteiger partial charge in [0.25, 0.3) is 15.9 Å². The van der Waals surface area contributed by atoms with E-state index in [-0.39, 0.29) is 16.8 Å². The molecule has 0 bridgehead atoms. The Bertz CT molecular complexity index is 1170. The second kappa shape index (κ2) is 9.22. The van der Waals surface area contributed by atoms with Gasteiger partial charge in [-0.3, -0.25) is 9.52 Å². The lowest BCUT2D eigenvalue weighted by atomic mass is 10.1. The van der Waals surface area contributed by atoms with Gasteiger partial charge in [0.2, 0.25) is 0 Å². The summed E-state index contributed by atoms with van der Waals surface area (Å²) in [6, 6.07) is 18.8. The summed E-state index contributed by atoms with van der Waals surface area (Å²) in [5.74, 6) is 0.449. The minimum absolute atomic E-state index is 0.167. The lowest BCUT2D eigenvalue weighted by Crippen LogP contribution is -2.26. The van der Waals surface area contributed by atoms with Crippen molar-refractivity contribution in [2.45, 2.75) is 31.7 Å². The molecule has 0 aromatic heterocycles. The molecule has 2 N–H and O–H groups in total. The summed E-state index contributed by atoms with van der Waals surface area (Å²) in [6.07, 6.45) is 0. The van der Waals surface area contributed by atoms with E-state index in [9.17, 15) is 13.2 Å². The number of nitrogens with one attached hydrogen (secondary N) is 2. The topological polar surface area (TPSA) is 84.5 Å². The van der Waals surface area contributed by atoms with Gasteiger partial charge in [0.05, 0.1) is 23.7 Å². The largest absolute Gasteiger partial charge is 0.497 e. The normalized spacial score (nSPS) is 12.1. The first-order chi connectivity index (χ1) is 14.7. The van der Waals surface area contributed by atoms with Crippen molar-refractivity contribution in [2.75, 3.05) is 11.8 Å². The first-order valence-electron chi connectivity index (χ1n) is 9.84. The molecule has 7 heteroatoms. The predicted octanol–water partition coefficient (Wildman–Crippen LogP) is 4.60. The zero-order valence-electron chi connectivity index (χ0n) is 18.0. The number of amides is 1. The van der Waals surface area contributed by atoms with Crippen LogP contribution in [0, 0.1) is 13.8 Å². The van der Waals surface area contributed by atoms with Crippen molar-refractivity contribution in [3.63, 3.8) is 0 Å². The van der Waals surface area contributed by atoms with Gasteiger partial charge in [-0.2, -0.15) is 0 Å². The molecule has 6 nitrogen and oxygen atoms in total. The van der Waals surface area contributed by atoms with Crippen molar-refractivity contribution >= 4 is 21.6 Å². The van der Waals surface area contributed by atoms with Gasteiger partial charge in [-0.05, 0) is 68.3 Å². The van der Waals surface area contributed by atoms with Gasteiger partial charge >= 0.3 is 0 Å². The van der Waals surface area contributed by atoms with Crippen LogP contribution in [0.5, 0.6) is 5.75 Å². The van der Waals surface area contributed by atoms with Gasteiger partial charge in [-0.15, -0.1) is 0 Å². The molecule has 0 aliphatic heterocycles. The molecule has 0 saturated carbocycles. The van der Waals surface area contributed by atoms with E-state index in [0.29, 0.717) is 11.3 Å². The molecule has 3 rings (SSSR count). The molecule has 162 valence electrons. The zero-order chi connectivity index (χ0) is 22.6. The zero-order valence-corrected chi connectivity index (χ0v) is 18.8. The predicted molar refractivity (Wildman–Crippen MR) is 122 cm³/mol. The van der Waals surface area contributed by atoms with Crippen LogP contribution < -0.4 is 14.8 Å². The van der Waals surface area contributed by atoms with E-state index in [4.69, 9.17) is 4.74 Å². The Morgan fingerprint density at radius 1 is 0.935 bits per heavy atom. The maximum atomic E-state index is 12.8. The highest BCUT2D eigenvalue weighted by Crippen LogP contribution is 2.23. The number of carbonyl (C=O) groups is 1. The maximum absolute atomic E-state index is 12.8. The molecule has 31 heavy (non-hydrogen) atoms. The molecule has 0 radical (unpaired) electrons. The Kier molecular flexibility index (Phi) is 6.65. The molecule has 0 aliphatic rings. The number of hydrogen-bond acceptors (Lipinski definition) is 4. The quantitative estimate of drug-likeness (QED) is 0.564. The van der Waals surface area contributed by atoms with E-state index in [0.717, 1.165) is 22.4 Å². The van der Waals surface area contributed by atoms with Crippen molar-refractivity contribution in [3.05, 3.63) is 89.0 Å². The van der Waals surface area contributed by atoms with Crippen molar-refractivity contribution in [1.82, 2.24) is 5.32 Å². The smallest absolute Gasteiger partial charge is 0.261 e. The number of carbonyl (C=O) groups excluding carboxylic acids is 1. The number of benzene rings is 3. The third kappa shape index (κ3) is 5.44. The molecular weight excluding hydrogens is 412 g/mol. The van der Waals surface area contributed by atoms with Crippen LogP contribution in [0.1, 0.15) is 40.0 Å². The van der Waals surface area contributed by atoms with Crippen LogP contribution in [-0.2, 0) is 10.0 Å². The third-order valence-electron chi connectivity index (χ3n) is 5.04. The van der Waals surface area contributed by atoms with E-state index in [1.54, 1.807) is 56.5 Å². The van der Waals surface area contributed by atoms with E-state index in [2.05, 4.69) is 10.0 Å². The molecule has 1 amide bonds. The number of aryl methyl sites for hydroxylation is 2. The van der Waals surface area contributed by atoms with Crippen LogP contribution in [-0.4, -0.2) is 21.4 Å². The summed E-state index contributed by atoms with van der Waals surface area (Å²) in [5, 5.41) is 2.94. The number of hydrogen-bond donors (Lipinski definition) is 2.